The molecule has 26 heavy (non-hydrogen) atoms. The summed E-state index contributed by atoms with van der Waals surface area (Å²) in [6.07, 6.45) is 10.5. The van der Waals surface area contributed by atoms with Gasteiger partial charge in [-0.05, 0) is 56.6 Å². The molecule has 1 atom stereocenters. The molecule has 0 fully saturated rings. The van der Waals surface area contributed by atoms with Crippen molar-refractivity contribution < 1.29 is 9.47 Å². The van der Waals surface area contributed by atoms with E-state index in [2.05, 4.69) is 37.3 Å². The van der Waals surface area contributed by atoms with Crippen molar-refractivity contribution in [1.29, 1.82) is 0 Å². The minimum Gasteiger partial charge on any atom is -0.493 e. The molecule has 0 bridgehead atoms. The number of hydrogen-bond acceptors (Lipinski definition) is 2. The second-order valence-electron chi connectivity index (χ2n) is 6.86. The van der Waals surface area contributed by atoms with Crippen molar-refractivity contribution in [2.24, 2.45) is 0 Å². The first-order valence-electron chi connectivity index (χ1n) is 9.96. The monoisotopic (exact) mass is 398 g/mol. The minimum absolute atomic E-state index is 0.233. The maximum atomic E-state index is 6.44. The van der Waals surface area contributed by atoms with Gasteiger partial charge < -0.3 is 9.47 Å². The van der Waals surface area contributed by atoms with Crippen molar-refractivity contribution in [2.45, 2.75) is 63.9 Å². The summed E-state index contributed by atoms with van der Waals surface area (Å²) in [7, 11) is 0. The second-order valence-corrected chi connectivity index (χ2v) is 7.62. The first-order chi connectivity index (χ1) is 12.8. The summed E-state index contributed by atoms with van der Waals surface area (Å²) in [5.41, 5.74) is 2.21. The zero-order valence-corrected chi connectivity index (χ0v) is 17.5. The van der Waals surface area contributed by atoms with E-state index in [1.807, 2.05) is 0 Å². The first-order valence-corrected chi connectivity index (χ1v) is 11.0. The smallest absolute Gasteiger partial charge is 0.123 e. The van der Waals surface area contributed by atoms with Crippen molar-refractivity contribution in [3.8, 4) is 0 Å². The first kappa shape index (κ1) is 21.6. The van der Waals surface area contributed by atoms with Crippen molar-refractivity contribution in [3.05, 3.63) is 41.5 Å². The fourth-order valence-electron chi connectivity index (χ4n) is 3.48. The molecular formula is C22H32Cl2O2. The molecule has 2 nitrogen and oxygen atoms in total. The van der Waals surface area contributed by atoms with Gasteiger partial charge in [0.2, 0.25) is 0 Å². The van der Waals surface area contributed by atoms with Crippen LogP contribution in [0.1, 0.15) is 69.4 Å². The third kappa shape index (κ3) is 5.90. The van der Waals surface area contributed by atoms with Gasteiger partial charge in [-0.1, -0.05) is 31.2 Å². The van der Waals surface area contributed by atoms with Crippen LogP contribution in [-0.2, 0) is 15.1 Å². The van der Waals surface area contributed by atoms with Gasteiger partial charge in [-0.25, -0.2) is 0 Å². The third-order valence-electron chi connectivity index (χ3n) is 5.06. The summed E-state index contributed by atoms with van der Waals surface area (Å²) in [5.74, 6) is 2.46. The summed E-state index contributed by atoms with van der Waals surface area (Å²) in [5, 5.41) is 0. The van der Waals surface area contributed by atoms with Crippen LogP contribution in [0.3, 0.4) is 0 Å². The lowest BCUT2D eigenvalue weighted by molar-refractivity contribution is -0.0552. The van der Waals surface area contributed by atoms with Gasteiger partial charge in [0.05, 0.1) is 12.2 Å². The van der Waals surface area contributed by atoms with Crippen LogP contribution < -0.4 is 0 Å². The van der Waals surface area contributed by atoms with Gasteiger partial charge in [-0.3, -0.25) is 0 Å². The summed E-state index contributed by atoms with van der Waals surface area (Å²) < 4.78 is 12.5. The third-order valence-corrected chi connectivity index (χ3v) is 5.60. The number of alkyl halides is 2. The van der Waals surface area contributed by atoms with E-state index in [1.165, 1.54) is 11.1 Å². The molecule has 0 saturated heterocycles. The number of ether oxygens (including phenoxy) is 2. The number of unbranched alkanes of at least 4 members (excludes halogenated alkanes) is 4. The number of halogens is 2. The maximum absolute atomic E-state index is 6.44. The van der Waals surface area contributed by atoms with E-state index >= 15 is 0 Å². The summed E-state index contributed by atoms with van der Waals surface area (Å²) >= 11 is 11.5. The molecule has 4 heteroatoms. The molecule has 0 aromatic heterocycles. The van der Waals surface area contributed by atoms with Crippen LogP contribution in [-0.4, -0.2) is 25.0 Å². The van der Waals surface area contributed by atoms with Gasteiger partial charge in [0.25, 0.3) is 0 Å². The molecule has 1 aliphatic carbocycles. The Morgan fingerprint density at radius 1 is 0.923 bits per heavy atom. The fourth-order valence-corrected chi connectivity index (χ4v) is 3.86. The Bertz CT molecular complexity index is 559. The maximum Gasteiger partial charge on any atom is 0.123 e. The second kappa shape index (κ2) is 11.9. The Morgan fingerprint density at radius 3 is 2.31 bits per heavy atom. The van der Waals surface area contributed by atoms with Crippen LogP contribution in [0, 0.1) is 0 Å². The Morgan fingerprint density at radius 2 is 1.62 bits per heavy atom. The standard InChI is InChI=1S/C22H32Cl2O2/c1-2-22(26-18-10-4-8-16-24)14-13-21(25-17-9-3-7-15-23)19-11-5-6-12-20(19)22/h5-6,11-13H,2-4,7-10,14-18H2,1H3. The fraction of sp³-hybridized carbons (Fsp3) is 0.636. The summed E-state index contributed by atoms with van der Waals surface area (Å²) in [4.78, 5) is 0. The SMILES string of the molecule is CCC1(OCCCCCCl)CC=C(OCCCCCCl)c2ccccc21. The van der Waals surface area contributed by atoms with Crippen molar-refractivity contribution >= 4 is 29.0 Å². The van der Waals surface area contributed by atoms with E-state index in [4.69, 9.17) is 32.7 Å². The Balaban J connectivity index is 2.02. The Kier molecular flexibility index (Phi) is 9.88. The van der Waals surface area contributed by atoms with Crippen LogP contribution in [0.4, 0.5) is 0 Å². The number of fused-ring (bicyclic) bond motifs is 1. The molecule has 146 valence electrons. The average Bonchev–Trinajstić information content (AvgIpc) is 2.68. The predicted octanol–water partition coefficient (Wildman–Crippen LogP) is 6.89. The van der Waals surface area contributed by atoms with Crippen molar-refractivity contribution in [1.82, 2.24) is 0 Å². The van der Waals surface area contributed by atoms with Crippen LogP contribution in [0.25, 0.3) is 5.76 Å². The van der Waals surface area contributed by atoms with Crippen molar-refractivity contribution in [3.63, 3.8) is 0 Å². The Hall–Kier alpha value is -0.700. The van der Waals surface area contributed by atoms with E-state index in [-0.39, 0.29) is 5.60 Å². The number of benzene rings is 1. The lowest BCUT2D eigenvalue weighted by Gasteiger charge is -2.37. The number of rotatable bonds is 13. The molecule has 1 aromatic rings. The molecule has 0 heterocycles. The molecule has 0 saturated carbocycles. The van der Waals surface area contributed by atoms with E-state index in [9.17, 15) is 0 Å². The van der Waals surface area contributed by atoms with E-state index in [0.29, 0.717) is 0 Å². The lowest BCUT2D eigenvalue weighted by Crippen LogP contribution is -2.32. The molecule has 2 rings (SSSR count). The average molecular weight is 399 g/mol. The highest BCUT2D eigenvalue weighted by Crippen LogP contribution is 2.43. The Labute approximate surface area is 168 Å². The van der Waals surface area contributed by atoms with Crippen LogP contribution in [0.5, 0.6) is 0 Å². The summed E-state index contributed by atoms with van der Waals surface area (Å²) in [6, 6.07) is 8.53. The molecule has 1 aromatic carbocycles. The zero-order chi connectivity index (χ0) is 18.7. The lowest BCUT2D eigenvalue weighted by atomic mass is 9.80. The quantitative estimate of drug-likeness (QED) is 0.266. The molecule has 0 amide bonds. The minimum atomic E-state index is -0.233. The molecule has 1 unspecified atom stereocenters. The van der Waals surface area contributed by atoms with Crippen molar-refractivity contribution in [2.75, 3.05) is 25.0 Å². The van der Waals surface area contributed by atoms with Crippen LogP contribution in [0.2, 0.25) is 0 Å². The van der Waals surface area contributed by atoms with Gasteiger partial charge in [-0.15, -0.1) is 23.2 Å². The molecule has 0 N–H and O–H groups in total. The molecule has 0 spiro atoms. The van der Waals surface area contributed by atoms with Gasteiger partial charge in [-0.2, -0.15) is 0 Å². The van der Waals surface area contributed by atoms with E-state index in [0.717, 1.165) is 82.1 Å². The number of hydrogen-bond donors (Lipinski definition) is 0. The van der Waals surface area contributed by atoms with Crippen LogP contribution in [0.15, 0.2) is 30.3 Å². The highest BCUT2D eigenvalue weighted by molar-refractivity contribution is 6.18. The zero-order valence-electron chi connectivity index (χ0n) is 15.9. The predicted molar refractivity (Wildman–Crippen MR) is 112 cm³/mol. The highest BCUT2D eigenvalue weighted by Gasteiger charge is 2.36. The van der Waals surface area contributed by atoms with Gasteiger partial charge in [0.15, 0.2) is 0 Å². The van der Waals surface area contributed by atoms with E-state index in [1.54, 1.807) is 0 Å². The molecule has 1 aliphatic rings. The van der Waals surface area contributed by atoms with Gasteiger partial charge >= 0.3 is 0 Å². The van der Waals surface area contributed by atoms with Crippen LogP contribution >= 0.6 is 23.2 Å². The van der Waals surface area contributed by atoms with E-state index < -0.39 is 0 Å². The molecule has 0 radical (unpaired) electrons. The molecular weight excluding hydrogens is 367 g/mol. The van der Waals surface area contributed by atoms with Gasteiger partial charge in [0.1, 0.15) is 5.76 Å². The highest BCUT2D eigenvalue weighted by atomic mass is 35.5. The topological polar surface area (TPSA) is 18.5 Å². The van der Waals surface area contributed by atoms with Gasteiger partial charge in [0, 0.05) is 30.4 Å². The normalized spacial score (nSPS) is 19.1. The summed E-state index contributed by atoms with van der Waals surface area (Å²) in [6.45, 7) is 3.73. The molecule has 0 aliphatic heterocycles. The largest absolute Gasteiger partial charge is 0.493 e.